The second-order valence-corrected chi connectivity index (χ2v) is 8.83. The maximum Gasteiger partial charge on any atom is 0.241 e. The summed E-state index contributed by atoms with van der Waals surface area (Å²) in [5.74, 6) is 3.01. The van der Waals surface area contributed by atoms with Crippen LogP contribution >= 0.6 is 11.3 Å². The van der Waals surface area contributed by atoms with Crippen molar-refractivity contribution in [3.05, 3.63) is 53.6 Å². The summed E-state index contributed by atoms with van der Waals surface area (Å²) in [4.78, 5) is 26.7. The highest BCUT2D eigenvalue weighted by atomic mass is 32.1. The fraction of sp³-hybridized carbons (Fsp3) is 0.348. The van der Waals surface area contributed by atoms with Gasteiger partial charge in [0.05, 0.1) is 18.5 Å². The molecule has 176 valence electrons. The van der Waals surface area contributed by atoms with E-state index in [4.69, 9.17) is 13.8 Å². The number of aromatic nitrogens is 4. The lowest BCUT2D eigenvalue weighted by Crippen LogP contribution is -2.48. The molecule has 0 spiro atoms. The summed E-state index contributed by atoms with van der Waals surface area (Å²) in [7, 11) is 1.62. The lowest BCUT2D eigenvalue weighted by atomic mass is 10.2. The first-order valence-electron chi connectivity index (χ1n) is 11.0. The van der Waals surface area contributed by atoms with Gasteiger partial charge in [-0.25, -0.2) is 0 Å². The number of hydrogen-bond acceptors (Lipinski definition) is 10. The van der Waals surface area contributed by atoms with Crippen LogP contribution in [0.1, 0.15) is 18.2 Å². The van der Waals surface area contributed by atoms with Gasteiger partial charge >= 0.3 is 0 Å². The summed E-state index contributed by atoms with van der Waals surface area (Å²) in [6.07, 6.45) is 0.744. The molecule has 11 heteroatoms. The van der Waals surface area contributed by atoms with E-state index in [0.29, 0.717) is 55.9 Å². The Balaban J connectivity index is 1.07. The highest BCUT2D eigenvalue weighted by Crippen LogP contribution is 2.22. The van der Waals surface area contributed by atoms with Gasteiger partial charge in [-0.05, 0) is 35.7 Å². The largest absolute Gasteiger partial charge is 0.497 e. The zero-order chi connectivity index (χ0) is 23.3. The van der Waals surface area contributed by atoms with E-state index in [1.54, 1.807) is 18.4 Å². The maximum absolute atomic E-state index is 12.7. The minimum Gasteiger partial charge on any atom is -0.497 e. The zero-order valence-corrected chi connectivity index (χ0v) is 19.5. The van der Waals surface area contributed by atoms with Crippen molar-refractivity contribution in [3.8, 4) is 27.8 Å². The van der Waals surface area contributed by atoms with Crippen molar-refractivity contribution in [1.82, 2.24) is 30.1 Å². The van der Waals surface area contributed by atoms with Crippen LogP contribution in [0.15, 0.2) is 50.8 Å². The smallest absolute Gasteiger partial charge is 0.241 e. The number of amides is 1. The van der Waals surface area contributed by atoms with Gasteiger partial charge in [-0.3, -0.25) is 9.69 Å². The van der Waals surface area contributed by atoms with Crippen LogP contribution in [0.5, 0.6) is 5.75 Å². The number of hydrogen-bond donors (Lipinski definition) is 0. The summed E-state index contributed by atoms with van der Waals surface area (Å²) < 4.78 is 15.9. The molecule has 1 aromatic carbocycles. The lowest BCUT2D eigenvalue weighted by molar-refractivity contribution is -0.133. The minimum absolute atomic E-state index is 0.0848. The average molecular weight is 481 g/mol. The first-order chi connectivity index (χ1) is 16.7. The standard InChI is InChI=1S/C23H24N6O4S/c1-31-17-6-4-16(5-7-17)22-24-19(32-26-22)8-9-21(30)29-12-10-28(11-13-29)15-20-25-23(27-33-20)18-3-2-14-34-18/h2-7,14H,8-13,15H2,1H3. The lowest BCUT2D eigenvalue weighted by Gasteiger charge is -2.33. The van der Waals surface area contributed by atoms with Crippen LogP contribution in [0.2, 0.25) is 0 Å². The molecule has 4 aromatic rings. The Bertz CT molecular complexity index is 1210. The van der Waals surface area contributed by atoms with Crippen molar-refractivity contribution in [2.24, 2.45) is 0 Å². The fourth-order valence-corrected chi connectivity index (χ4v) is 4.41. The van der Waals surface area contributed by atoms with E-state index in [9.17, 15) is 4.79 Å². The molecular formula is C23H24N6O4S. The van der Waals surface area contributed by atoms with Crippen molar-refractivity contribution < 1.29 is 18.6 Å². The van der Waals surface area contributed by atoms with Gasteiger partial charge in [0.15, 0.2) is 0 Å². The molecule has 0 radical (unpaired) electrons. The van der Waals surface area contributed by atoms with Gasteiger partial charge in [-0.1, -0.05) is 16.4 Å². The highest BCUT2D eigenvalue weighted by molar-refractivity contribution is 7.13. The van der Waals surface area contributed by atoms with Gasteiger partial charge in [0.25, 0.3) is 0 Å². The third kappa shape index (κ3) is 5.15. The predicted molar refractivity (Wildman–Crippen MR) is 124 cm³/mol. The van der Waals surface area contributed by atoms with Gasteiger partial charge in [0.2, 0.25) is 29.3 Å². The van der Waals surface area contributed by atoms with Gasteiger partial charge in [0, 0.05) is 44.6 Å². The summed E-state index contributed by atoms with van der Waals surface area (Å²) in [6.45, 7) is 3.41. The third-order valence-corrected chi connectivity index (χ3v) is 6.53. The van der Waals surface area contributed by atoms with E-state index in [2.05, 4.69) is 25.2 Å². The first kappa shape index (κ1) is 22.2. The number of nitrogens with zero attached hydrogens (tertiary/aromatic N) is 6. The van der Waals surface area contributed by atoms with Crippen molar-refractivity contribution >= 4 is 17.2 Å². The molecule has 10 nitrogen and oxygen atoms in total. The molecule has 4 heterocycles. The molecular weight excluding hydrogens is 456 g/mol. The molecule has 1 saturated heterocycles. The summed E-state index contributed by atoms with van der Waals surface area (Å²) >= 11 is 1.58. The quantitative estimate of drug-likeness (QED) is 0.375. The van der Waals surface area contributed by atoms with Crippen LogP contribution in [-0.2, 0) is 17.8 Å². The Hall–Kier alpha value is -3.57. The minimum atomic E-state index is 0.0848. The molecule has 3 aromatic heterocycles. The second kappa shape index (κ2) is 10.1. The molecule has 34 heavy (non-hydrogen) atoms. The summed E-state index contributed by atoms with van der Waals surface area (Å²) in [6, 6.07) is 11.4. The SMILES string of the molecule is COc1ccc(-c2noc(CCC(=O)N3CCN(Cc4nc(-c5cccs5)no4)CC3)n2)cc1. The normalized spacial score (nSPS) is 14.4. The molecule has 1 aliphatic rings. The zero-order valence-electron chi connectivity index (χ0n) is 18.7. The monoisotopic (exact) mass is 480 g/mol. The first-order valence-corrected chi connectivity index (χ1v) is 11.9. The van der Waals surface area contributed by atoms with Gasteiger partial charge in [-0.15, -0.1) is 11.3 Å². The Morgan fingerprint density at radius 1 is 1.00 bits per heavy atom. The number of piperazine rings is 1. The van der Waals surface area contributed by atoms with E-state index in [0.717, 1.165) is 29.3 Å². The molecule has 0 unspecified atom stereocenters. The van der Waals surface area contributed by atoms with Gasteiger partial charge in [-0.2, -0.15) is 9.97 Å². The summed E-state index contributed by atoms with van der Waals surface area (Å²) in [5.41, 5.74) is 0.835. The number of benzene rings is 1. The second-order valence-electron chi connectivity index (χ2n) is 7.89. The highest BCUT2D eigenvalue weighted by Gasteiger charge is 2.23. The molecule has 5 rings (SSSR count). The maximum atomic E-state index is 12.7. The van der Waals surface area contributed by atoms with Crippen LogP contribution < -0.4 is 4.74 Å². The van der Waals surface area contributed by atoms with Crippen LogP contribution in [0.3, 0.4) is 0 Å². The fourth-order valence-electron chi connectivity index (χ4n) is 3.76. The number of methoxy groups -OCH3 is 1. The number of rotatable bonds is 8. The van der Waals surface area contributed by atoms with Crippen molar-refractivity contribution in [2.45, 2.75) is 19.4 Å². The number of thiophene rings is 1. The molecule has 0 N–H and O–H groups in total. The number of carbonyl (C=O) groups excluding carboxylic acids is 1. The summed E-state index contributed by atoms with van der Waals surface area (Å²) in [5, 5.41) is 10.1. The number of aryl methyl sites for hydroxylation is 1. The Kier molecular flexibility index (Phi) is 6.63. The van der Waals surface area contributed by atoms with E-state index in [-0.39, 0.29) is 5.91 Å². The molecule has 1 amide bonds. The Labute approximate surface area is 200 Å². The Morgan fingerprint density at radius 2 is 1.74 bits per heavy atom. The van der Waals surface area contributed by atoms with Crippen LogP contribution in [0.25, 0.3) is 22.1 Å². The molecule has 0 saturated carbocycles. The van der Waals surface area contributed by atoms with E-state index in [1.807, 2.05) is 46.7 Å². The number of carbonyl (C=O) groups is 1. The molecule has 0 aliphatic carbocycles. The topological polar surface area (TPSA) is 111 Å². The van der Waals surface area contributed by atoms with Gasteiger partial charge in [0.1, 0.15) is 5.75 Å². The molecule has 0 atom stereocenters. The number of ether oxygens (including phenoxy) is 1. The molecule has 1 aliphatic heterocycles. The van der Waals surface area contributed by atoms with E-state index in [1.165, 1.54) is 0 Å². The van der Waals surface area contributed by atoms with Crippen LogP contribution in [0.4, 0.5) is 0 Å². The average Bonchev–Trinajstić information content (AvgIpc) is 3.65. The van der Waals surface area contributed by atoms with Crippen molar-refractivity contribution in [3.63, 3.8) is 0 Å². The Morgan fingerprint density at radius 3 is 2.47 bits per heavy atom. The van der Waals surface area contributed by atoms with Crippen LogP contribution in [0, 0.1) is 0 Å². The molecule has 1 fully saturated rings. The third-order valence-electron chi connectivity index (χ3n) is 5.66. The van der Waals surface area contributed by atoms with Crippen LogP contribution in [-0.4, -0.2) is 69.3 Å². The van der Waals surface area contributed by atoms with Crippen molar-refractivity contribution in [2.75, 3.05) is 33.3 Å². The molecule has 0 bridgehead atoms. The van der Waals surface area contributed by atoms with E-state index < -0.39 is 0 Å². The van der Waals surface area contributed by atoms with Gasteiger partial charge < -0.3 is 18.7 Å². The predicted octanol–water partition coefficient (Wildman–Crippen LogP) is 3.13. The van der Waals surface area contributed by atoms with E-state index >= 15 is 0 Å². The van der Waals surface area contributed by atoms with Crippen molar-refractivity contribution in [1.29, 1.82) is 0 Å².